The van der Waals surface area contributed by atoms with Crippen LogP contribution in [-0.2, 0) is 0 Å². The van der Waals surface area contributed by atoms with Gasteiger partial charge in [0.05, 0.1) is 11.7 Å². The minimum Gasteiger partial charge on any atom is -0.382 e. The van der Waals surface area contributed by atoms with Crippen LogP contribution in [0.25, 0.3) is 16.9 Å². The Balaban J connectivity index is 1.81. The quantitative estimate of drug-likeness (QED) is 0.577. The van der Waals surface area contributed by atoms with Gasteiger partial charge in [0.25, 0.3) is 0 Å². The van der Waals surface area contributed by atoms with E-state index in [-0.39, 0.29) is 17.4 Å². The molecule has 1 aromatic carbocycles. The molecule has 8 heteroatoms. The average Bonchev–Trinajstić information content (AvgIpc) is 3.15. The maximum absolute atomic E-state index is 9.35. The van der Waals surface area contributed by atoms with Crippen LogP contribution in [0.3, 0.4) is 0 Å². The zero-order valence-corrected chi connectivity index (χ0v) is 14.5. The lowest BCUT2D eigenvalue weighted by molar-refractivity contribution is 0.840. The molecule has 0 radical (unpaired) electrons. The van der Waals surface area contributed by atoms with Crippen molar-refractivity contribution >= 4 is 17.3 Å². The summed E-state index contributed by atoms with van der Waals surface area (Å²) in [6.45, 7) is 1.97. The van der Waals surface area contributed by atoms with Crippen LogP contribution in [0.4, 0.5) is 11.6 Å². The van der Waals surface area contributed by atoms with Gasteiger partial charge in [-0.25, -0.2) is 19.5 Å². The Morgan fingerprint density at radius 1 is 1.19 bits per heavy atom. The van der Waals surface area contributed by atoms with Crippen molar-refractivity contribution in [2.75, 3.05) is 11.1 Å². The average molecular weight is 356 g/mol. The molecule has 3 heterocycles. The molecule has 0 saturated heterocycles. The molecule has 8 nitrogen and oxygen atoms in total. The van der Waals surface area contributed by atoms with Crippen LogP contribution in [0.1, 0.15) is 24.1 Å². The number of benzene rings is 1. The molecular weight excluding hydrogens is 340 g/mol. The monoisotopic (exact) mass is 356 g/mol. The summed E-state index contributed by atoms with van der Waals surface area (Å²) in [6, 6.07) is 13.7. The molecule has 1 atom stereocenters. The summed E-state index contributed by atoms with van der Waals surface area (Å²) in [5.74, 6) is 0.534. The number of nitrogen functional groups attached to an aromatic ring is 1. The second-order valence-corrected chi connectivity index (χ2v) is 6.00. The largest absolute Gasteiger partial charge is 0.382 e. The first-order valence-corrected chi connectivity index (χ1v) is 8.34. The topological polar surface area (TPSA) is 118 Å². The van der Waals surface area contributed by atoms with Gasteiger partial charge in [0, 0.05) is 23.5 Å². The maximum atomic E-state index is 9.35. The van der Waals surface area contributed by atoms with E-state index in [2.05, 4.69) is 20.3 Å². The van der Waals surface area contributed by atoms with Crippen LogP contribution in [-0.4, -0.2) is 24.6 Å². The van der Waals surface area contributed by atoms with E-state index in [0.29, 0.717) is 5.82 Å². The molecule has 27 heavy (non-hydrogen) atoms. The Labute approximate surface area is 155 Å². The summed E-state index contributed by atoms with van der Waals surface area (Å²) in [6.07, 6.45) is 4.85. The Morgan fingerprint density at radius 2 is 2.00 bits per heavy atom. The molecule has 3 N–H and O–H groups in total. The van der Waals surface area contributed by atoms with Crippen LogP contribution >= 0.6 is 0 Å². The summed E-state index contributed by atoms with van der Waals surface area (Å²) >= 11 is 0. The third-order valence-electron chi connectivity index (χ3n) is 4.27. The van der Waals surface area contributed by atoms with Gasteiger partial charge in [-0.05, 0) is 13.0 Å². The van der Waals surface area contributed by atoms with E-state index in [4.69, 9.17) is 10.8 Å². The third kappa shape index (κ3) is 3.02. The van der Waals surface area contributed by atoms with Gasteiger partial charge in [0.2, 0.25) is 0 Å². The van der Waals surface area contributed by atoms with Crippen LogP contribution in [0.15, 0.2) is 55.1 Å². The summed E-state index contributed by atoms with van der Waals surface area (Å²) in [7, 11) is 0. The van der Waals surface area contributed by atoms with Crippen molar-refractivity contribution in [2.45, 2.75) is 13.0 Å². The van der Waals surface area contributed by atoms with E-state index in [0.717, 1.165) is 22.5 Å². The number of rotatable bonds is 4. The van der Waals surface area contributed by atoms with Crippen molar-refractivity contribution in [3.63, 3.8) is 0 Å². The Kier molecular flexibility index (Phi) is 4.10. The fourth-order valence-electron chi connectivity index (χ4n) is 2.92. The molecule has 0 bridgehead atoms. The predicted molar refractivity (Wildman–Crippen MR) is 102 cm³/mol. The zero-order valence-electron chi connectivity index (χ0n) is 14.5. The summed E-state index contributed by atoms with van der Waals surface area (Å²) in [4.78, 5) is 12.4. The highest BCUT2D eigenvalue weighted by atomic mass is 15.2. The zero-order chi connectivity index (χ0) is 18.8. The molecule has 4 aromatic rings. The Hall–Kier alpha value is -3.99. The smallest absolute Gasteiger partial charge is 0.153 e. The number of anilines is 2. The highest BCUT2D eigenvalue weighted by molar-refractivity contribution is 5.68. The molecule has 0 unspecified atom stereocenters. The number of nitrogens with one attached hydrogen (secondary N) is 1. The second-order valence-electron chi connectivity index (χ2n) is 6.00. The van der Waals surface area contributed by atoms with Crippen molar-refractivity contribution < 1.29 is 0 Å². The van der Waals surface area contributed by atoms with Gasteiger partial charge < -0.3 is 11.1 Å². The normalized spacial score (nSPS) is 11.9. The first-order valence-electron chi connectivity index (χ1n) is 8.34. The number of imidazole rings is 1. The van der Waals surface area contributed by atoms with Gasteiger partial charge in [0.15, 0.2) is 5.65 Å². The molecule has 0 aliphatic rings. The minimum atomic E-state index is -0.198. The van der Waals surface area contributed by atoms with Crippen LogP contribution in [0, 0.1) is 11.3 Å². The molecular formula is C19H16N8. The molecule has 0 amide bonds. The third-order valence-corrected chi connectivity index (χ3v) is 4.27. The number of nitriles is 1. The highest BCUT2D eigenvalue weighted by Gasteiger charge is 2.18. The predicted octanol–water partition coefficient (Wildman–Crippen LogP) is 2.81. The van der Waals surface area contributed by atoms with Crippen molar-refractivity contribution in [2.24, 2.45) is 0 Å². The molecule has 4 rings (SSSR count). The number of hydrogen-bond donors (Lipinski definition) is 2. The lowest BCUT2D eigenvalue weighted by Crippen LogP contribution is -2.13. The van der Waals surface area contributed by atoms with Crippen LogP contribution < -0.4 is 11.1 Å². The molecule has 0 spiro atoms. The van der Waals surface area contributed by atoms with Crippen molar-refractivity contribution in [3.05, 3.63) is 66.2 Å². The van der Waals surface area contributed by atoms with Gasteiger partial charge in [0.1, 0.15) is 29.6 Å². The van der Waals surface area contributed by atoms with E-state index in [1.54, 1.807) is 10.7 Å². The van der Waals surface area contributed by atoms with E-state index in [1.807, 2.05) is 55.6 Å². The van der Waals surface area contributed by atoms with Gasteiger partial charge in [-0.1, -0.05) is 30.3 Å². The summed E-state index contributed by atoms with van der Waals surface area (Å²) in [5, 5.41) is 17.3. The number of hydrogen-bond acceptors (Lipinski definition) is 7. The van der Waals surface area contributed by atoms with Gasteiger partial charge in [-0.3, -0.25) is 0 Å². The molecule has 0 aliphatic carbocycles. The lowest BCUT2D eigenvalue weighted by atomic mass is 10.0. The van der Waals surface area contributed by atoms with Gasteiger partial charge in [-0.15, -0.1) is 0 Å². The summed E-state index contributed by atoms with van der Waals surface area (Å²) < 4.78 is 1.74. The molecule has 0 aliphatic heterocycles. The number of nitrogens with two attached hydrogens (primary N) is 1. The lowest BCUT2D eigenvalue weighted by Gasteiger charge is -2.19. The first-order chi connectivity index (χ1) is 13.2. The van der Waals surface area contributed by atoms with E-state index in [1.165, 1.54) is 6.33 Å². The fourth-order valence-corrected chi connectivity index (χ4v) is 2.92. The molecule has 0 saturated carbocycles. The number of nitrogens with zero attached hydrogens (tertiary/aromatic N) is 6. The Morgan fingerprint density at radius 3 is 2.78 bits per heavy atom. The molecule has 3 aromatic heterocycles. The van der Waals surface area contributed by atoms with Gasteiger partial charge in [-0.2, -0.15) is 10.4 Å². The van der Waals surface area contributed by atoms with Crippen LogP contribution in [0.5, 0.6) is 0 Å². The molecule has 132 valence electrons. The number of fused-ring (bicyclic) bond motifs is 1. The SMILES string of the molecule is C[C@H](Nc1ncnc(N)c1C#N)c1cc2nccn2nc1-c1ccccc1. The second kappa shape index (κ2) is 6.72. The first kappa shape index (κ1) is 16.5. The van der Waals surface area contributed by atoms with Crippen LogP contribution in [0.2, 0.25) is 0 Å². The highest BCUT2D eigenvalue weighted by Crippen LogP contribution is 2.30. The maximum Gasteiger partial charge on any atom is 0.153 e. The van der Waals surface area contributed by atoms with E-state index in [9.17, 15) is 5.26 Å². The van der Waals surface area contributed by atoms with Gasteiger partial charge >= 0.3 is 0 Å². The van der Waals surface area contributed by atoms with Crippen molar-refractivity contribution in [1.82, 2.24) is 24.6 Å². The van der Waals surface area contributed by atoms with E-state index >= 15 is 0 Å². The Bertz CT molecular complexity index is 1140. The van der Waals surface area contributed by atoms with Crippen molar-refractivity contribution in [3.8, 4) is 17.3 Å². The number of aromatic nitrogens is 5. The molecule has 0 fully saturated rings. The summed E-state index contributed by atoms with van der Waals surface area (Å²) in [5.41, 5.74) is 9.49. The van der Waals surface area contributed by atoms with Crippen molar-refractivity contribution in [1.29, 1.82) is 5.26 Å². The fraction of sp³-hybridized carbons (Fsp3) is 0.105. The van der Waals surface area contributed by atoms with E-state index < -0.39 is 0 Å². The minimum absolute atomic E-state index is 0.146. The standard InChI is InChI=1S/C19H16N8/c1-12(25-19-15(10-20)18(21)23-11-24-19)14-9-16-22-7-8-27(16)26-17(14)13-5-3-2-4-6-13/h2-9,11-12H,1H3,(H3,21,23,24,25)/t12-/m0/s1.